The number of carbonyl (C=O) groups excluding carboxylic acids is 1. The summed E-state index contributed by atoms with van der Waals surface area (Å²) in [5.41, 5.74) is 1.67. The molecule has 0 fully saturated rings. The second-order valence-corrected chi connectivity index (χ2v) is 8.70. The van der Waals surface area contributed by atoms with Gasteiger partial charge in [-0.3, -0.25) is 14.2 Å². The van der Waals surface area contributed by atoms with Crippen LogP contribution in [0, 0.1) is 6.92 Å². The summed E-state index contributed by atoms with van der Waals surface area (Å²) in [4.78, 5) is 32.2. The minimum atomic E-state index is -0.200. The third-order valence-electron chi connectivity index (χ3n) is 4.08. The lowest BCUT2D eigenvalue weighted by atomic mass is 10.0. The standard InChI is InChI=1S/C19H13ClN2O2S2/c1-11-16(12-5-3-2-4-6-12)17-18(25-11)21-10-22(19(17)24)9-13(23)14-7-8-15(20)26-14/h2-8,10H,9H2,1H3. The fourth-order valence-corrected chi connectivity index (χ4v) is 4.88. The maximum atomic E-state index is 13.1. The van der Waals surface area contributed by atoms with Gasteiger partial charge >= 0.3 is 0 Å². The van der Waals surface area contributed by atoms with Crippen LogP contribution in [-0.2, 0) is 6.54 Å². The van der Waals surface area contributed by atoms with Gasteiger partial charge in [0.15, 0.2) is 5.78 Å². The molecule has 1 aromatic carbocycles. The molecule has 0 aliphatic rings. The van der Waals surface area contributed by atoms with E-state index >= 15 is 0 Å². The van der Waals surface area contributed by atoms with Crippen molar-refractivity contribution in [1.29, 1.82) is 0 Å². The summed E-state index contributed by atoms with van der Waals surface area (Å²) in [6.07, 6.45) is 1.45. The van der Waals surface area contributed by atoms with Gasteiger partial charge in [0.1, 0.15) is 4.83 Å². The number of carbonyl (C=O) groups is 1. The molecule has 0 N–H and O–H groups in total. The van der Waals surface area contributed by atoms with E-state index in [1.807, 2.05) is 37.3 Å². The van der Waals surface area contributed by atoms with Crippen molar-refractivity contribution in [3.63, 3.8) is 0 Å². The minimum Gasteiger partial charge on any atom is -0.291 e. The summed E-state index contributed by atoms with van der Waals surface area (Å²) in [5, 5.41) is 0.568. The molecule has 3 heterocycles. The van der Waals surface area contributed by atoms with E-state index in [2.05, 4.69) is 4.98 Å². The van der Waals surface area contributed by atoms with E-state index in [1.165, 1.54) is 33.6 Å². The molecule has 3 aromatic heterocycles. The van der Waals surface area contributed by atoms with Gasteiger partial charge in [0.25, 0.3) is 5.56 Å². The van der Waals surface area contributed by atoms with E-state index in [0.717, 1.165) is 16.0 Å². The van der Waals surface area contributed by atoms with Crippen molar-refractivity contribution < 1.29 is 4.79 Å². The fourth-order valence-electron chi connectivity index (χ4n) is 2.90. The molecule has 0 unspecified atom stereocenters. The molecule has 0 saturated carbocycles. The predicted molar refractivity (Wildman–Crippen MR) is 108 cm³/mol. The zero-order valence-corrected chi connectivity index (χ0v) is 16.1. The summed E-state index contributed by atoms with van der Waals surface area (Å²) in [5.74, 6) is -0.154. The van der Waals surface area contributed by atoms with Gasteiger partial charge in [-0.1, -0.05) is 41.9 Å². The molecule has 130 valence electrons. The van der Waals surface area contributed by atoms with Crippen LogP contribution in [0.3, 0.4) is 0 Å². The van der Waals surface area contributed by atoms with Crippen LogP contribution in [0.15, 0.2) is 53.6 Å². The third-order valence-corrected chi connectivity index (χ3v) is 6.36. The number of hydrogen-bond donors (Lipinski definition) is 0. The van der Waals surface area contributed by atoms with Crippen LogP contribution < -0.4 is 5.56 Å². The maximum Gasteiger partial charge on any atom is 0.263 e. The van der Waals surface area contributed by atoms with Crippen molar-refractivity contribution >= 4 is 50.3 Å². The van der Waals surface area contributed by atoms with Gasteiger partial charge < -0.3 is 0 Å². The molecule has 0 atom stereocenters. The van der Waals surface area contributed by atoms with Gasteiger partial charge in [-0.2, -0.15) is 0 Å². The highest BCUT2D eigenvalue weighted by Gasteiger charge is 2.18. The van der Waals surface area contributed by atoms with E-state index < -0.39 is 0 Å². The SMILES string of the molecule is Cc1sc2ncn(CC(=O)c3ccc(Cl)s3)c(=O)c2c1-c1ccccc1. The number of fused-ring (bicyclic) bond motifs is 1. The smallest absolute Gasteiger partial charge is 0.263 e. The Labute approximate surface area is 162 Å². The molecule has 0 aliphatic heterocycles. The number of rotatable bonds is 4. The average Bonchev–Trinajstić information content (AvgIpc) is 3.21. The van der Waals surface area contributed by atoms with Crippen molar-refractivity contribution in [1.82, 2.24) is 9.55 Å². The number of aryl methyl sites for hydroxylation is 1. The molecule has 4 nitrogen and oxygen atoms in total. The number of hydrogen-bond acceptors (Lipinski definition) is 5. The first kappa shape index (κ1) is 17.1. The largest absolute Gasteiger partial charge is 0.291 e. The first-order chi connectivity index (χ1) is 12.5. The van der Waals surface area contributed by atoms with E-state index in [1.54, 1.807) is 12.1 Å². The number of ketones is 1. The highest BCUT2D eigenvalue weighted by Crippen LogP contribution is 2.35. The van der Waals surface area contributed by atoms with Gasteiger partial charge in [0, 0.05) is 10.4 Å². The van der Waals surface area contributed by atoms with E-state index in [0.29, 0.717) is 19.4 Å². The monoisotopic (exact) mass is 400 g/mol. The van der Waals surface area contributed by atoms with E-state index in [9.17, 15) is 9.59 Å². The van der Waals surface area contributed by atoms with Crippen LogP contribution in [0.5, 0.6) is 0 Å². The molecule has 0 aliphatic carbocycles. The number of nitrogens with zero attached hydrogens (tertiary/aromatic N) is 2. The summed E-state index contributed by atoms with van der Waals surface area (Å²) < 4.78 is 1.92. The molecule has 7 heteroatoms. The second kappa shape index (κ2) is 6.79. The van der Waals surface area contributed by atoms with Crippen LogP contribution in [0.1, 0.15) is 14.5 Å². The molecule has 0 spiro atoms. The average molecular weight is 401 g/mol. The molecule has 0 bridgehead atoms. The Kier molecular flexibility index (Phi) is 4.48. The quantitative estimate of drug-likeness (QED) is 0.451. The summed E-state index contributed by atoms with van der Waals surface area (Å²) in [6.45, 7) is 1.93. The lowest BCUT2D eigenvalue weighted by molar-refractivity contribution is 0.0974. The van der Waals surface area contributed by atoms with Gasteiger partial charge in [-0.25, -0.2) is 4.98 Å². The van der Waals surface area contributed by atoms with Crippen molar-refractivity contribution in [3.8, 4) is 11.1 Å². The zero-order valence-electron chi connectivity index (χ0n) is 13.7. The Balaban J connectivity index is 1.82. The maximum absolute atomic E-state index is 13.1. The molecular weight excluding hydrogens is 388 g/mol. The third kappa shape index (κ3) is 3.00. The topological polar surface area (TPSA) is 52.0 Å². The highest BCUT2D eigenvalue weighted by molar-refractivity contribution is 7.19. The summed E-state index contributed by atoms with van der Waals surface area (Å²) in [7, 11) is 0. The number of aromatic nitrogens is 2. The number of halogens is 1. The van der Waals surface area contributed by atoms with Crippen molar-refractivity contribution in [3.05, 3.63) is 73.2 Å². The molecule has 4 aromatic rings. The van der Waals surface area contributed by atoms with Crippen LogP contribution in [-0.4, -0.2) is 15.3 Å². The van der Waals surface area contributed by atoms with Crippen LogP contribution in [0.2, 0.25) is 4.34 Å². The molecule has 0 amide bonds. The Bertz CT molecular complexity index is 1180. The van der Waals surface area contributed by atoms with Crippen LogP contribution >= 0.6 is 34.3 Å². The normalized spacial score (nSPS) is 11.2. The van der Waals surface area contributed by atoms with Crippen LogP contribution in [0.4, 0.5) is 0 Å². The van der Waals surface area contributed by atoms with Crippen molar-refractivity contribution in [2.45, 2.75) is 13.5 Å². The lowest BCUT2D eigenvalue weighted by Crippen LogP contribution is -2.24. The van der Waals surface area contributed by atoms with Crippen molar-refractivity contribution in [2.24, 2.45) is 0 Å². The van der Waals surface area contributed by atoms with E-state index in [4.69, 9.17) is 11.6 Å². The molecule has 0 saturated heterocycles. The first-order valence-electron chi connectivity index (χ1n) is 7.87. The molecular formula is C19H13ClN2O2S2. The Morgan fingerprint density at radius 3 is 2.62 bits per heavy atom. The Morgan fingerprint density at radius 2 is 1.92 bits per heavy atom. The number of Topliss-reactive ketones (excluding diaryl/α,β-unsaturated/α-hetero) is 1. The Morgan fingerprint density at radius 1 is 1.15 bits per heavy atom. The lowest BCUT2D eigenvalue weighted by Gasteiger charge is -2.05. The van der Waals surface area contributed by atoms with E-state index in [-0.39, 0.29) is 17.9 Å². The molecule has 26 heavy (non-hydrogen) atoms. The highest BCUT2D eigenvalue weighted by atomic mass is 35.5. The fraction of sp³-hybridized carbons (Fsp3) is 0.105. The van der Waals surface area contributed by atoms with Gasteiger partial charge in [0.2, 0.25) is 0 Å². The first-order valence-corrected chi connectivity index (χ1v) is 9.88. The van der Waals surface area contributed by atoms with Crippen LogP contribution in [0.25, 0.3) is 21.3 Å². The summed E-state index contributed by atoms with van der Waals surface area (Å²) >= 11 is 8.60. The number of thiophene rings is 2. The van der Waals surface area contributed by atoms with Gasteiger partial charge in [-0.05, 0) is 24.6 Å². The predicted octanol–water partition coefficient (Wildman–Crippen LogP) is 5.03. The molecule has 0 radical (unpaired) electrons. The Hall–Kier alpha value is -2.28. The van der Waals surface area contributed by atoms with Gasteiger partial charge in [-0.15, -0.1) is 22.7 Å². The minimum absolute atomic E-state index is 0.0538. The second-order valence-electron chi connectivity index (χ2n) is 5.78. The zero-order chi connectivity index (χ0) is 18.3. The number of benzene rings is 1. The molecule has 4 rings (SSSR count). The van der Waals surface area contributed by atoms with Crippen molar-refractivity contribution in [2.75, 3.05) is 0 Å². The van der Waals surface area contributed by atoms with Gasteiger partial charge in [0.05, 0.1) is 27.5 Å². The summed E-state index contributed by atoms with van der Waals surface area (Å²) in [6, 6.07) is 13.1.